The number of benzene rings is 1. The molecule has 23 heavy (non-hydrogen) atoms. The van der Waals surface area contributed by atoms with Crippen LogP contribution in [0, 0.1) is 11.8 Å². The third-order valence-electron chi connectivity index (χ3n) is 5.74. The highest BCUT2D eigenvalue weighted by atomic mass is 35.5. The van der Waals surface area contributed by atoms with Crippen LogP contribution in [0.15, 0.2) is 30.3 Å². The highest BCUT2D eigenvalue weighted by Gasteiger charge is 2.42. The molecule has 1 aromatic carbocycles. The van der Waals surface area contributed by atoms with Gasteiger partial charge in [-0.3, -0.25) is 4.79 Å². The second-order valence-corrected chi connectivity index (χ2v) is 7.67. The number of hydrogen-bond acceptors (Lipinski definition) is 2. The Morgan fingerprint density at radius 1 is 1.13 bits per heavy atom. The highest BCUT2D eigenvalue weighted by molar-refractivity contribution is 5.87. The van der Waals surface area contributed by atoms with Gasteiger partial charge >= 0.3 is 0 Å². The van der Waals surface area contributed by atoms with Crippen LogP contribution in [0.25, 0.3) is 0 Å². The first-order valence-corrected chi connectivity index (χ1v) is 8.60. The van der Waals surface area contributed by atoms with Crippen molar-refractivity contribution in [3.8, 4) is 0 Å². The van der Waals surface area contributed by atoms with Gasteiger partial charge in [-0.2, -0.15) is 0 Å². The van der Waals surface area contributed by atoms with E-state index >= 15 is 0 Å². The summed E-state index contributed by atoms with van der Waals surface area (Å²) >= 11 is 0. The lowest BCUT2D eigenvalue weighted by Crippen LogP contribution is -2.56. The Morgan fingerprint density at radius 3 is 2.26 bits per heavy atom. The molecule has 2 atom stereocenters. The SMILES string of the molecule is CC(C)(C(=O)NC1C2CCCC1CC(N)C2)c1ccccc1.Cl. The second kappa shape index (κ2) is 7.23. The maximum absolute atomic E-state index is 12.9. The van der Waals surface area contributed by atoms with Gasteiger partial charge in [0.1, 0.15) is 0 Å². The van der Waals surface area contributed by atoms with Crippen LogP contribution in [-0.2, 0) is 10.2 Å². The minimum absolute atomic E-state index is 0. The van der Waals surface area contributed by atoms with E-state index in [0.717, 1.165) is 18.4 Å². The minimum atomic E-state index is -0.491. The maximum Gasteiger partial charge on any atom is 0.230 e. The summed E-state index contributed by atoms with van der Waals surface area (Å²) in [6, 6.07) is 10.7. The summed E-state index contributed by atoms with van der Waals surface area (Å²) in [6.07, 6.45) is 5.83. The fraction of sp³-hybridized carbons (Fsp3) is 0.632. The van der Waals surface area contributed by atoms with Crippen LogP contribution in [0.5, 0.6) is 0 Å². The average Bonchev–Trinajstić information content (AvgIpc) is 2.49. The Labute approximate surface area is 145 Å². The number of nitrogens with one attached hydrogen (secondary N) is 1. The van der Waals surface area contributed by atoms with Crippen LogP contribution < -0.4 is 11.1 Å². The van der Waals surface area contributed by atoms with Gasteiger partial charge in [0.15, 0.2) is 0 Å². The molecule has 2 fully saturated rings. The molecule has 0 saturated heterocycles. The van der Waals surface area contributed by atoms with Crippen LogP contribution in [0.4, 0.5) is 0 Å². The van der Waals surface area contributed by atoms with E-state index in [1.165, 1.54) is 19.3 Å². The summed E-state index contributed by atoms with van der Waals surface area (Å²) in [5.41, 5.74) is 6.77. The molecular weight excluding hydrogens is 308 g/mol. The van der Waals surface area contributed by atoms with E-state index in [0.29, 0.717) is 23.9 Å². The molecule has 1 aromatic rings. The number of halogens is 1. The van der Waals surface area contributed by atoms with Gasteiger partial charge in [-0.1, -0.05) is 36.8 Å². The standard InChI is InChI=1S/C19H28N2O.ClH/c1-19(2,15-9-4-3-5-10-15)18(22)21-17-13-7-6-8-14(17)12-16(20)11-13;/h3-5,9-10,13-14,16-17H,6-8,11-12,20H2,1-2H3,(H,21,22);1H. The predicted octanol–water partition coefficient (Wildman–Crippen LogP) is 3.41. The zero-order valence-corrected chi connectivity index (χ0v) is 14.9. The molecule has 3 nitrogen and oxygen atoms in total. The molecule has 0 spiro atoms. The van der Waals surface area contributed by atoms with Gasteiger partial charge in [0.2, 0.25) is 5.91 Å². The van der Waals surface area contributed by atoms with Crippen LogP contribution in [0.3, 0.4) is 0 Å². The van der Waals surface area contributed by atoms with E-state index in [1.807, 2.05) is 44.2 Å². The first-order valence-electron chi connectivity index (χ1n) is 8.60. The third-order valence-corrected chi connectivity index (χ3v) is 5.74. The Bertz CT molecular complexity index is 517. The predicted molar refractivity (Wildman–Crippen MR) is 96.7 cm³/mol. The Kier molecular flexibility index (Phi) is 5.74. The maximum atomic E-state index is 12.9. The van der Waals surface area contributed by atoms with Gasteiger partial charge in [-0.15, -0.1) is 12.4 Å². The molecule has 4 heteroatoms. The number of nitrogens with two attached hydrogens (primary N) is 1. The summed E-state index contributed by atoms with van der Waals surface area (Å²) in [4.78, 5) is 12.9. The van der Waals surface area contributed by atoms with Crippen molar-refractivity contribution in [2.24, 2.45) is 17.6 Å². The largest absolute Gasteiger partial charge is 0.352 e. The fourth-order valence-corrected chi connectivity index (χ4v) is 4.34. The molecule has 2 aliphatic carbocycles. The smallest absolute Gasteiger partial charge is 0.230 e. The first-order chi connectivity index (χ1) is 10.5. The number of fused-ring (bicyclic) bond motifs is 2. The molecule has 0 heterocycles. The summed E-state index contributed by atoms with van der Waals surface area (Å²) < 4.78 is 0. The van der Waals surface area contributed by atoms with Crippen LogP contribution in [0.1, 0.15) is 51.5 Å². The number of amides is 1. The second-order valence-electron chi connectivity index (χ2n) is 7.67. The van der Waals surface area contributed by atoms with Gasteiger partial charge in [0, 0.05) is 12.1 Å². The van der Waals surface area contributed by atoms with E-state index in [1.54, 1.807) is 0 Å². The van der Waals surface area contributed by atoms with E-state index < -0.39 is 5.41 Å². The quantitative estimate of drug-likeness (QED) is 0.888. The molecule has 0 aromatic heterocycles. The van der Waals surface area contributed by atoms with E-state index in [9.17, 15) is 4.79 Å². The molecular formula is C19H29ClN2O. The van der Waals surface area contributed by atoms with Crippen molar-refractivity contribution in [1.29, 1.82) is 0 Å². The molecule has 3 N–H and O–H groups in total. The fourth-order valence-electron chi connectivity index (χ4n) is 4.34. The van der Waals surface area contributed by atoms with Crippen molar-refractivity contribution in [3.63, 3.8) is 0 Å². The summed E-state index contributed by atoms with van der Waals surface area (Å²) in [5, 5.41) is 3.39. The summed E-state index contributed by atoms with van der Waals surface area (Å²) in [7, 11) is 0. The lowest BCUT2D eigenvalue weighted by molar-refractivity contribution is -0.128. The van der Waals surface area contributed by atoms with E-state index in [2.05, 4.69) is 5.32 Å². The van der Waals surface area contributed by atoms with Crippen LogP contribution in [-0.4, -0.2) is 18.0 Å². The molecule has 2 bridgehead atoms. The molecule has 1 amide bonds. The number of carbonyl (C=O) groups is 1. The molecule has 2 unspecified atom stereocenters. The number of carbonyl (C=O) groups excluding carboxylic acids is 1. The molecule has 128 valence electrons. The van der Waals surface area contributed by atoms with Crippen LogP contribution in [0.2, 0.25) is 0 Å². The van der Waals surface area contributed by atoms with Gasteiger partial charge in [0.25, 0.3) is 0 Å². The van der Waals surface area contributed by atoms with Crippen molar-refractivity contribution in [3.05, 3.63) is 35.9 Å². The number of rotatable bonds is 3. The van der Waals surface area contributed by atoms with Crippen LogP contribution >= 0.6 is 12.4 Å². The molecule has 2 aliphatic rings. The lowest BCUT2D eigenvalue weighted by Gasteiger charge is -2.46. The highest BCUT2D eigenvalue weighted by Crippen LogP contribution is 2.40. The lowest BCUT2D eigenvalue weighted by atomic mass is 9.66. The van der Waals surface area contributed by atoms with Crippen molar-refractivity contribution < 1.29 is 4.79 Å². The van der Waals surface area contributed by atoms with Crippen molar-refractivity contribution in [2.75, 3.05) is 0 Å². The zero-order chi connectivity index (χ0) is 15.7. The van der Waals surface area contributed by atoms with Crippen molar-refractivity contribution >= 4 is 18.3 Å². The normalized spacial score (nSPS) is 30.2. The Balaban J connectivity index is 0.00000192. The van der Waals surface area contributed by atoms with E-state index in [4.69, 9.17) is 5.73 Å². The van der Waals surface area contributed by atoms with E-state index in [-0.39, 0.29) is 18.3 Å². The molecule has 2 saturated carbocycles. The molecule has 3 rings (SSSR count). The van der Waals surface area contributed by atoms with Gasteiger partial charge < -0.3 is 11.1 Å². The summed E-state index contributed by atoms with van der Waals surface area (Å²) in [5.74, 6) is 1.28. The molecule has 0 aliphatic heterocycles. The van der Waals surface area contributed by atoms with Crippen molar-refractivity contribution in [2.45, 2.75) is 63.5 Å². The zero-order valence-electron chi connectivity index (χ0n) is 14.1. The van der Waals surface area contributed by atoms with Gasteiger partial charge in [-0.25, -0.2) is 0 Å². The molecule has 0 radical (unpaired) electrons. The average molecular weight is 337 g/mol. The topological polar surface area (TPSA) is 55.1 Å². The third kappa shape index (κ3) is 3.72. The number of hydrogen-bond donors (Lipinski definition) is 2. The Morgan fingerprint density at radius 2 is 1.70 bits per heavy atom. The monoisotopic (exact) mass is 336 g/mol. The minimum Gasteiger partial charge on any atom is -0.352 e. The van der Waals surface area contributed by atoms with Crippen molar-refractivity contribution in [1.82, 2.24) is 5.32 Å². The summed E-state index contributed by atoms with van der Waals surface area (Å²) in [6.45, 7) is 4.03. The van der Waals surface area contributed by atoms with Gasteiger partial charge in [0.05, 0.1) is 5.41 Å². The Hall–Kier alpha value is -1.06. The first kappa shape index (κ1) is 18.3. The van der Waals surface area contributed by atoms with Gasteiger partial charge in [-0.05, 0) is 56.9 Å².